The first-order valence-corrected chi connectivity index (χ1v) is 5.42. The number of hydrogen-bond donors (Lipinski definition) is 2. The van der Waals surface area contributed by atoms with E-state index in [9.17, 15) is 4.79 Å². The molecule has 92 valence electrons. The van der Waals surface area contributed by atoms with Crippen molar-refractivity contribution in [3.8, 4) is 0 Å². The molecule has 7 heteroatoms. The SMILES string of the molecule is CC(Nc1cnc(C(N)=S)cn1)C(=O)N(C)C. The Hall–Kier alpha value is -1.76. The molecule has 1 amide bonds. The first-order chi connectivity index (χ1) is 7.91. The summed E-state index contributed by atoms with van der Waals surface area (Å²) in [5, 5.41) is 2.94. The van der Waals surface area contributed by atoms with Gasteiger partial charge >= 0.3 is 0 Å². The maximum atomic E-state index is 11.6. The number of amides is 1. The molecule has 1 unspecified atom stereocenters. The predicted molar refractivity (Wildman–Crippen MR) is 69.7 cm³/mol. The zero-order valence-corrected chi connectivity index (χ0v) is 10.8. The molecule has 6 nitrogen and oxygen atoms in total. The number of anilines is 1. The van der Waals surface area contributed by atoms with Crippen LogP contribution in [0.15, 0.2) is 12.4 Å². The van der Waals surface area contributed by atoms with Gasteiger partial charge < -0.3 is 16.0 Å². The fourth-order valence-electron chi connectivity index (χ4n) is 1.20. The number of thiocarbonyl (C=S) groups is 1. The quantitative estimate of drug-likeness (QED) is 0.735. The van der Waals surface area contributed by atoms with Gasteiger partial charge in [-0.2, -0.15) is 0 Å². The summed E-state index contributed by atoms with van der Waals surface area (Å²) in [4.78, 5) is 21.4. The Morgan fingerprint density at radius 2 is 2.12 bits per heavy atom. The fourth-order valence-corrected chi connectivity index (χ4v) is 1.31. The van der Waals surface area contributed by atoms with Gasteiger partial charge in [-0.15, -0.1) is 0 Å². The van der Waals surface area contributed by atoms with E-state index in [1.54, 1.807) is 21.0 Å². The molecule has 1 atom stereocenters. The molecule has 0 aliphatic heterocycles. The van der Waals surface area contributed by atoms with E-state index in [2.05, 4.69) is 15.3 Å². The van der Waals surface area contributed by atoms with E-state index in [4.69, 9.17) is 18.0 Å². The lowest BCUT2D eigenvalue weighted by molar-refractivity contribution is -0.129. The number of rotatable bonds is 4. The molecule has 0 saturated heterocycles. The van der Waals surface area contributed by atoms with E-state index in [1.165, 1.54) is 17.3 Å². The van der Waals surface area contributed by atoms with Gasteiger partial charge in [0.25, 0.3) is 0 Å². The average molecular weight is 253 g/mol. The van der Waals surface area contributed by atoms with Crippen LogP contribution in [0.4, 0.5) is 5.82 Å². The molecule has 1 heterocycles. The van der Waals surface area contributed by atoms with Gasteiger partial charge in [-0.1, -0.05) is 12.2 Å². The maximum absolute atomic E-state index is 11.6. The summed E-state index contributed by atoms with van der Waals surface area (Å²) >= 11 is 4.76. The standard InChI is InChI=1S/C10H15N5OS/c1-6(10(16)15(2)3)14-8-5-12-7(4-13-8)9(11)17/h4-6H,1-3H3,(H2,11,17)(H,13,14). The van der Waals surface area contributed by atoms with Crippen LogP contribution < -0.4 is 11.1 Å². The summed E-state index contributed by atoms with van der Waals surface area (Å²) in [5.74, 6) is 0.470. The van der Waals surface area contributed by atoms with Gasteiger partial charge in [0.15, 0.2) is 0 Å². The number of carbonyl (C=O) groups excluding carboxylic acids is 1. The fraction of sp³-hybridized carbons (Fsp3) is 0.400. The third-order valence-electron chi connectivity index (χ3n) is 2.08. The molecule has 0 fully saturated rings. The van der Waals surface area contributed by atoms with E-state index >= 15 is 0 Å². The van der Waals surface area contributed by atoms with Crippen LogP contribution in [0, 0.1) is 0 Å². The molecule has 0 aromatic carbocycles. The Labute approximate surface area is 105 Å². The Morgan fingerprint density at radius 1 is 1.47 bits per heavy atom. The minimum atomic E-state index is -0.366. The second-order valence-electron chi connectivity index (χ2n) is 3.75. The van der Waals surface area contributed by atoms with Crippen LogP contribution >= 0.6 is 12.2 Å². The van der Waals surface area contributed by atoms with Gasteiger partial charge in [-0.25, -0.2) is 9.97 Å². The molecule has 0 saturated carbocycles. The lowest BCUT2D eigenvalue weighted by Crippen LogP contribution is -2.36. The summed E-state index contributed by atoms with van der Waals surface area (Å²) in [6.45, 7) is 1.76. The zero-order valence-electron chi connectivity index (χ0n) is 9.97. The van der Waals surface area contributed by atoms with Crippen molar-refractivity contribution in [2.45, 2.75) is 13.0 Å². The Morgan fingerprint density at radius 3 is 2.53 bits per heavy atom. The van der Waals surface area contributed by atoms with Gasteiger partial charge in [0.2, 0.25) is 5.91 Å². The highest BCUT2D eigenvalue weighted by molar-refractivity contribution is 7.80. The number of nitrogens with zero attached hydrogens (tertiary/aromatic N) is 3. The molecule has 17 heavy (non-hydrogen) atoms. The van der Waals surface area contributed by atoms with Crippen LogP contribution in [-0.2, 0) is 4.79 Å². The molecule has 1 aromatic rings. The second-order valence-corrected chi connectivity index (χ2v) is 4.19. The van der Waals surface area contributed by atoms with E-state index < -0.39 is 0 Å². The lowest BCUT2D eigenvalue weighted by atomic mass is 10.3. The average Bonchev–Trinajstić information content (AvgIpc) is 2.28. The van der Waals surface area contributed by atoms with Crippen molar-refractivity contribution >= 4 is 28.9 Å². The van der Waals surface area contributed by atoms with Gasteiger partial charge in [0.1, 0.15) is 22.5 Å². The van der Waals surface area contributed by atoms with Crippen molar-refractivity contribution in [3.05, 3.63) is 18.1 Å². The van der Waals surface area contributed by atoms with Crippen molar-refractivity contribution in [3.63, 3.8) is 0 Å². The predicted octanol–water partition coefficient (Wildman–Crippen LogP) is -0.000600. The molecule has 0 spiro atoms. The third-order valence-corrected chi connectivity index (χ3v) is 2.29. The summed E-state index contributed by atoms with van der Waals surface area (Å²) in [7, 11) is 3.39. The monoisotopic (exact) mass is 253 g/mol. The molecule has 3 N–H and O–H groups in total. The number of likely N-dealkylation sites (N-methyl/N-ethyl adjacent to an activating group) is 1. The van der Waals surface area contributed by atoms with Gasteiger partial charge in [0, 0.05) is 14.1 Å². The highest BCUT2D eigenvalue weighted by Crippen LogP contribution is 2.04. The van der Waals surface area contributed by atoms with Crippen LogP contribution in [0.5, 0.6) is 0 Å². The lowest BCUT2D eigenvalue weighted by Gasteiger charge is -2.18. The molecular formula is C10H15N5OS. The normalized spacial score (nSPS) is 11.7. The van der Waals surface area contributed by atoms with Gasteiger partial charge in [0.05, 0.1) is 12.4 Å². The molecule has 0 aliphatic rings. The number of carbonyl (C=O) groups is 1. The molecule has 0 radical (unpaired) electrons. The van der Waals surface area contributed by atoms with Crippen molar-refractivity contribution in [1.29, 1.82) is 0 Å². The van der Waals surface area contributed by atoms with Gasteiger partial charge in [-0.3, -0.25) is 4.79 Å². The minimum absolute atomic E-state index is 0.0368. The summed E-state index contributed by atoms with van der Waals surface area (Å²) in [5.41, 5.74) is 5.86. The zero-order chi connectivity index (χ0) is 13.0. The molecule has 1 rings (SSSR count). The van der Waals surface area contributed by atoms with Crippen molar-refractivity contribution in [1.82, 2.24) is 14.9 Å². The van der Waals surface area contributed by atoms with Crippen LogP contribution in [-0.4, -0.2) is 45.9 Å². The van der Waals surface area contributed by atoms with Crippen LogP contribution in [0.2, 0.25) is 0 Å². The smallest absolute Gasteiger partial charge is 0.244 e. The van der Waals surface area contributed by atoms with Crippen molar-refractivity contribution in [2.75, 3.05) is 19.4 Å². The van der Waals surface area contributed by atoms with Crippen molar-refractivity contribution < 1.29 is 4.79 Å². The summed E-state index contributed by atoms with van der Waals surface area (Å²) in [6.07, 6.45) is 2.96. The Balaban J connectivity index is 2.69. The maximum Gasteiger partial charge on any atom is 0.244 e. The topological polar surface area (TPSA) is 84.1 Å². The summed E-state index contributed by atoms with van der Waals surface area (Å²) < 4.78 is 0. The van der Waals surface area contributed by atoms with E-state index in [-0.39, 0.29) is 16.9 Å². The summed E-state index contributed by atoms with van der Waals surface area (Å²) in [6, 6.07) is -0.366. The molecule has 1 aromatic heterocycles. The highest BCUT2D eigenvalue weighted by atomic mass is 32.1. The van der Waals surface area contributed by atoms with Crippen molar-refractivity contribution in [2.24, 2.45) is 5.73 Å². The van der Waals surface area contributed by atoms with E-state index in [0.29, 0.717) is 11.5 Å². The largest absolute Gasteiger partial charge is 0.388 e. The van der Waals surface area contributed by atoms with E-state index in [0.717, 1.165) is 0 Å². The van der Waals surface area contributed by atoms with Gasteiger partial charge in [-0.05, 0) is 6.92 Å². The third kappa shape index (κ3) is 3.63. The van der Waals surface area contributed by atoms with E-state index in [1.807, 2.05) is 0 Å². The second kappa shape index (κ2) is 5.53. The van der Waals surface area contributed by atoms with Crippen LogP contribution in [0.25, 0.3) is 0 Å². The Kier molecular flexibility index (Phi) is 4.33. The number of hydrogen-bond acceptors (Lipinski definition) is 5. The molecule has 0 bridgehead atoms. The molecule has 0 aliphatic carbocycles. The highest BCUT2D eigenvalue weighted by Gasteiger charge is 2.14. The van der Waals surface area contributed by atoms with Crippen LogP contribution in [0.1, 0.15) is 12.6 Å². The first kappa shape index (κ1) is 13.3. The first-order valence-electron chi connectivity index (χ1n) is 5.01. The number of nitrogens with two attached hydrogens (primary N) is 1. The Bertz CT molecular complexity index is 417. The molecular weight excluding hydrogens is 238 g/mol. The van der Waals surface area contributed by atoms with Crippen LogP contribution in [0.3, 0.4) is 0 Å². The minimum Gasteiger partial charge on any atom is -0.388 e. The number of aromatic nitrogens is 2. The number of nitrogens with one attached hydrogen (secondary N) is 1.